The number of benzene rings is 2. The first kappa shape index (κ1) is 24.2. The second kappa shape index (κ2) is 10.9. The van der Waals surface area contributed by atoms with Gasteiger partial charge >= 0.3 is 5.97 Å². The van der Waals surface area contributed by atoms with Gasteiger partial charge in [0.2, 0.25) is 11.8 Å². The third-order valence-electron chi connectivity index (χ3n) is 4.90. The number of ether oxygens (including phenoxy) is 1. The van der Waals surface area contributed by atoms with E-state index < -0.39 is 24.0 Å². The van der Waals surface area contributed by atoms with E-state index in [1.54, 1.807) is 42.5 Å². The van der Waals surface area contributed by atoms with Crippen LogP contribution >= 0.6 is 35.0 Å². The van der Waals surface area contributed by atoms with Gasteiger partial charge in [-0.25, -0.2) is 4.79 Å². The first-order valence-corrected chi connectivity index (χ1v) is 11.7. The number of nitrogens with zero attached hydrogens (tertiary/aromatic N) is 1. The maximum Gasteiger partial charge on any atom is 0.326 e. The molecule has 2 atom stereocenters. The summed E-state index contributed by atoms with van der Waals surface area (Å²) in [4.78, 5) is 37.4. The van der Waals surface area contributed by atoms with E-state index in [0.717, 1.165) is 11.1 Å². The first-order valence-electron chi connectivity index (χ1n) is 9.78. The number of hydrogen-bond donors (Lipinski definition) is 2. The summed E-state index contributed by atoms with van der Waals surface area (Å²) >= 11 is 13.4. The quantitative estimate of drug-likeness (QED) is 0.579. The molecular formula is C22H22Cl2N2O5S. The fourth-order valence-electron chi connectivity index (χ4n) is 3.26. The first-order chi connectivity index (χ1) is 15.2. The molecule has 10 heteroatoms. The molecule has 0 spiro atoms. The zero-order valence-electron chi connectivity index (χ0n) is 17.2. The number of hydrogen-bond acceptors (Lipinski definition) is 5. The van der Waals surface area contributed by atoms with Gasteiger partial charge in [-0.2, -0.15) is 0 Å². The monoisotopic (exact) mass is 496 g/mol. The van der Waals surface area contributed by atoms with E-state index in [1.807, 2.05) is 0 Å². The normalized spacial score (nSPS) is 16.5. The zero-order valence-corrected chi connectivity index (χ0v) is 19.5. The molecule has 1 heterocycles. The second-order valence-corrected chi connectivity index (χ2v) is 9.19. The Kier molecular flexibility index (Phi) is 8.28. The van der Waals surface area contributed by atoms with Crippen molar-refractivity contribution in [3.63, 3.8) is 0 Å². The maximum absolute atomic E-state index is 12.6. The van der Waals surface area contributed by atoms with E-state index in [2.05, 4.69) is 5.32 Å². The fourth-order valence-corrected chi connectivity index (χ4v) is 5.05. The molecule has 0 aliphatic carbocycles. The molecular weight excluding hydrogens is 475 g/mol. The Balaban J connectivity index is 1.58. The van der Waals surface area contributed by atoms with Crippen molar-refractivity contribution in [2.24, 2.45) is 0 Å². The number of nitrogens with one attached hydrogen (secondary N) is 1. The fraction of sp³-hybridized carbons (Fsp3) is 0.318. The molecule has 7 nitrogen and oxygen atoms in total. The van der Waals surface area contributed by atoms with Gasteiger partial charge in [0.25, 0.3) is 0 Å². The Bertz CT molecular complexity index is 982. The summed E-state index contributed by atoms with van der Waals surface area (Å²) in [6.45, 7) is 1.67. The van der Waals surface area contributed by atoms with Crippen LogP contribution in [0.2, 0.25) is 10.0 Å². The van der Waals surface area contributed by atoms with Crippen molar-refractivity contribution in [2.75, 3.05) is 11.6 Å². The van der Waals surface area contributed by atoms with Crippen molar-refractivity contribution < 1.29 is 24.2 Å². The van der Waals surface area contributed by atoms with E-state index in [0.29, 0.717) is 27.4 Å². The number of thioether (sulfide) groups is 1. The molecule has 0 saturated carbocycles. The molecule has 0 unspecified atom stereocenters. The molecule has 2 N–H and O–H groups in total. The summed E-state index contributed by atoms with van der Waals surface area (Å²) in [5.74, 6) is -0.344. The van der Waals surface area contributed by atoms with Crippen LogP contribution in [0.3, 0.4) is 0 Å². The number of halogens is 2. The zero-order chi connectivity index (χ0) is 23.3. The van der Waals surface area contributed by atoms with Gasteiger partial charge in [0.15, 0.2) is 0 Å². The topological polar surface area (TPSA) is 95.9 Å². The van der Waals surface area contributed by atoms with Gasteiger partial charge in [0, 0.05) is 29.1 Å². The summed E-state index contributed by atoms with van der Waals surface area (Å²) in [5, 5.41) is 13.2. The van der Waals surface area contributed by atoms with Crippen LogP contribution in [0.15, 0.2) is 42.5 Å². The highest BCUT2D eigenvalue weighted by Crippen LogP contribution is 2.22. The van der Waals surface area contributed by atoms with Crippen LogP contribution in [0.25, 0.3) is 0 Å². The molecule has 1 fully saturated rings. The van der Waals surface area contributed by atoms with Gasteiger partial charge in [-0.05, 0) is 41.5 Å². The van der Waals surface area contributed by atoms with Crippen molar-refractivity contribution in [1.82, 2.24) is 10.2 Å². The average Bonchev–Trinajstić information content (AvgIpc) is 3.22. The lowest BCUT2D eigenvalue weighted by Gasteiger charge is -2.23. The highest BCUT2D eigenvalue weighted by molar-refractivity contribution is 7.99. The summed E-state index contributed by atoms with van der Waals surface area (Å²) in [5.41, 5.74) is 1.55. The summed E-state index contributed by atoms with van der Waals surface area (Å²) < 4.78 is 5.73. The number of aliphatic carboxylic acids is 1. The molecule has 2 aromatic rings. The second-order valence-electron chi connectivity index (χ2n) is 7.32. The SMILES string of the molecule is CC(=O)N1CSC[C@@H]1C(=O)N[C@@H](Cc1ccc(OCc2cc(Cl)cc(Cl)c2)cc1)C(=O)O. The van der Waals surface area contributed by atoms with Crippen molar-refractivity contribution in [3.05, 3.63) is 63.6 Å². The molecule has 0 aromatic heterocycles. The van der Waals surface area contributed by atoms with E-state index in [9.17, 15) is 19.5 Å². The minimum absolute atomic E-state index is 0.102. The van der Waals surface area contributed by atoms with Crippen molar-refractivity contribution in [3.8, 4) is 5.75 Å². The van der Waals surface area contributed by atoms with Crippen LogP contribution in [0.5, 0.6) is 5.75 Å². The molecule has 0 radical (unpaired) electrons. The van der Waals surface area contributed by atoms with E-state index in [1.165, 1.54) is 23.6 Å². The van der Waals surface area contributed by atoms with Crippen molar-refractivity contribution in [2.45, 2.75) is 32.0 Å². The Morgan fingerprint density at radius 3 is 2.41 bits per heavy atom. The molecule has 0 bridgehead atoms. The van der Waals surface area contributed by atoms with Gasteiger partial charge in [0.1, 0.15) is 24.4 Å². The van der Waals surface area contributed by atoms with Crippen LogP contribution < -0.4 is 10.1 Å². The molecule has 1 aliphatic heterocycles. The van der Waals surface area contributed by atoms with Gasteiger partial charge < -0.3 is 20.1 Å². The molecule has 1 aliphatic rings. The predicted molar refractivity (Wildman–Crippen MR) is 124 cm³/mol. The summed E-state index contributed by atoms with van der Waals surface area (Å²) in [6.07, 6.45) is 0.102. The highest BCUT2D eigenvalue weighted by Gasteiger charge is 2.35. The number of carboxylic acid groups (broad SMARTS) is 1. The van der Waals surface area contributed by atoms with Gasteiger partial charge in [-0.3, -0.25) is 9.59 Å². The van der Waals surface area contributed by atoms with Crippen LogP contribution in [0, 0.1) is 0 Å². The van der Waals surface area contributed by atoms with Crippen LogP contribution in [-0.2, 0) is 27.4 Å². The van der Waals surface area contributed by atoms with Gasteiger partial charge in [-0.1, -0.05) is 35.3 Å². The van der Waals surface area contributed by atoms with Gasteiger partial charge in [0.05, 0.1) is 5.88 Å². The van der Waals surface area contributed by atoms with Crippen molar-refractivity contribution in [1.29, 1.82) is 0 Å². The van der Waals surface area contributed by atoms with Gasteiger partial charge in [-0.15, -0.1) is 11.8 Å². The Labute approximate surface area is 200 Å². The van der Waals surface area contributed by atoms with Crippen molar-refractivity contribution >= 4 is 52.7 Å². The molecule has 32 heavy (non-hydrogen) atoms. The molecule has 2 aromatic carbocycles. The number of carbonyl (C=O) groups is 3. The van der Waals surface area contributed by atoms with Crippen LogP contribution in [0.1, 0.15) is 18.1 Å². The molecule has 2 amide bonds. The molecule has 170 valence electrons. The Hall–Kier alpha value is -2.42. The van der Waals surface area contributed by atoms with Crippen LogP contribution in [-0.4, -0.2) is 51.5 Å². The standard InChI is InChI=1S/C22H22Cl2N2O5S/c1-13(27)26-12-32-11-20(26)21(28)25-19(22(29)30)8-14-2-4-18(5-3-14)31-10-15-6-16(23)9-17(24)7-15/h2-7,9,19-20H,8,10-12H2,1H3,(H,25,28)(H,29,30)/t19-,20+/m0/s1. The van der Waals surface area contributed by atoms with E-state index in [-0.39, 0.29) is 18.9 Å². The van der Waals surface area contributed by atoms with E-state index >= 15 is 0 Å². The van der Waals surface area contributed by atoms with Crippen LogP contribution in [0.4, 0.5) is 0 Å². The Morgan fingerprint density at radius 1 is 1.16 bits per heavy atom. The predicted octanol–water partition coefficient (Wildman–Crippen LogP) is 3.61. The molecule has 1 saturated heterocycles. The maximum atomic E-state index is 12.6. The largest absolute Gasteiger partial charge is 0.489 e. The molecule has 3 rings (SSSR count). The minimum atomic E-state index is -1.14. The number of rotatable bonds is 8. The summed E-state index contributed by atoms with van der Waals surface area (Å²) in [7, 11) is 0. The smallest absolute Gasteiger partial charge is 0.326 e. The Morgan fingerprint density at radius 2 is 1.81 bits per heavy atom. The highest BCUT2D eigenvalue weighted by atomic mass is 35.5. The lowest BCUT2D eigenvalue weighted by Crippen LogP contribution is -2.52. The average molecular weight is 497 g/mol. The number of amides is 2. The number of carboxylic acids is 1. The third-order valence-corrected chi connectivity index (χ3v) is 6.34. The lowest BCUT2D eigenvalue weighted by atomic mass is 10.1. The summed E-state index contributed by atoms with van der Waals surface area (Å²) in [6, 6.07) is 10.3. The third kappa shape index (κ3) is 6.54. The number of carbonyl (C=O) groups excluding carboxylic acids is 2. The minimum Gasteiger partial charge on any atom is -0.489 e. The van der Waals surface area contributed by atoms with E-state index in [4.69, 9.17) is 27.9 Å². The lowest BCUT2D eigenvalue weighted by molar-refractivity contribution is -0.143.